The molecule has 3 aromatic carbocycles. The van der Waals surface area contributed by atoms with Crippen LogP contribution in [-0.4, -0.2) is 17.9 Å². The van der Waals surface area contributed by atoms with Gasteiger partial charge in [0.1, 0.15) is 23.1 Å². The molecule has 0 spiro atoms. The summed E-state index contributed by atoms with van der Waals surface area (Å²) in [4.78, 5) is 24.4. The van der Waals surface area contributed by atoms with Crippen molar-refractivity contribution in [2.24, 2.45) is 0 Å². The van der Waals surface area contributed by atoms with Gasteiger partial charge in [0.2, 0.25) is 0 Å². The standard InChI is InChI=1S/C22H19FN2O4/c1-15(28-19-12-10-17(23)11-13-19)21(26)24-25-22(27)16-6-5-9-20(14-16)29-18-7-3-2-4-8-18/h2-15H,1H3,(H,24,26)(H,25,27)/t15-/m1/s1. The van der Waals surface area contributed by atoms with Gasteiger partial charge in [0.15, 0.2) is 6.10 Å². The Morgan fingerprint density at radius 3 is 2.24 bits per heavy atom. The Bertz CT molecular complexity index is 978. The summed E-state index contributed by atoms with van der Waals surface area (Å²) in [6.45, 7) is 1.51. The molecule has 0 aliphatic rings. The molecule has 0 saturated heterocycles. The summed E-state index contributed by atoms with van der Waals surface area (Å²) in [5.41, 5.74) is 4.95. The predicted molar refractivity (Wildman–Crippen MR) is 105 cm³/mol. The van der Waals surface area contributed by atoms with Crippen molar-refractivity contribution in [3.05, 3.63) is 90.2 Å². The highest BCUT2D eigenvalue weighted by molar-refractivity contribution is 5.96. The van der Waals surface area contributed by atoms with E-state index in [0.717, 1.165) is 0 Å². The summed E-state index contributed by atoms with van der Waals surface area (Å²) in [6.07, 6.45) is -0.895. The largest absolute Gasteiger partial charge is 0.481 e. The van der Waals surface area contributed by atoms with Crippen molar-refractivity contribution in [3.63, 3.8) is 0 Å². The third-order valence-corrected chi connectivity index (χ3v) is 3.87. The summed E-state index contributed by atoms with van der Waals surface area (Å²) >= 11 is 0. The summed E-state index contributed by atoms with van der Waals surface area (Å²) in [7, 11) is 0. The topological polar surface area (TPSA) is 76.7 Å². The van der Waals surface area contributed by atoms with Crippen molar-refractivity contribution in [1.82, 2.24) is 10.9 Å². The Kier molecular flexibility index (Phi) is 6.42. The monoisotopic (exact) mass is 394 g/mol. The quantitative estimate of drug-likeness (QED) is 0.623. The Morgan fingerprint density at radius 2 is 1.52 bits per heavy atom. The van der Waals surface area contributed by atoms with E-state index in [2.05, 4.69) is 10.9 Å². The molecule has 0 aliphatic heterocycles. The lowest BCUT2D eigenvalue weighted by molar-refractivity contribution is -0.128. The van der Waals surface area contributed by atoms with Gasteiger partial charge < -0.3 is 9.47 Å². The van der Waals surface area contributed by atoms with E-state index in [9.17, 15) is 14.0 Å². The van der Waals surface area contributed by atoms with Gasteiger partial charge in [0.05, 0.1) is 0 Å². The van der Waals surface area contributed by atoms with Crippen LogP contribution in [0, 0.1) is 5.82 Å². The molecule has 29 heavy (non-hydrogen) atoms. The highest BCUT2D eigenvalue weighted by Gasteiger charge is 2.16. The van der Waals surface area contributed by atoms with E-state index in [4.69, 9.17) is 9.47 Å². The molecule has 3 rings (SSSR count). The highest BCUT2D eigenvalue weighted by atomic mass is 19.1. The van der Waals surface area contributed by atoms with Crippen LogP contribution < -0.4 is 20.3 Å². The number of halogens is 1. The molecule has 0 bridgehead atoms. The zero-order valence-electron chi connectivity index (χ0n) is 15.6. The minimum Gasteiger partial charge on any atom is -0.481 e. The summed E-state index contributed by atoms with van der Waals surface area (Å²) in [6, 6.07) is 21.0. The first kappa shape index (κ1) is 19.9. The molecule has 3 aromatic rings. The lowest BCUT2D eigenvalue weighted by Crippen LogP contribution is -2.47. The van der Waals surface area contributed by atoms with Crippen molar-refractivity contribution in [1.29, 1.82) is 0 Å². The number of rotatable bonds is 6. The Hall–Kier alpha value is -3.87. The normalized spacial score (nSPS) is 11.2. The third-order valence-electron chi connectivity index (χ3n) is 3.87. The van der Waals surface area contributed by atoms with Crippen LogP contribution >= 0.6 is 0 Å². The maximum absolute atomic E-state index is 12.9. The molecular weight excluding hydrogens is 375 g/mol. The van der Waals surface area contributed by atoms with Crippen LogP contribution in [0.2, 0.25) is 0 Å². The van der Waals surface area contributed by atoms with Gasteiger partial charge in [0, 0.05) is 5.56 Å². The first-order valence-electron chi connectivity index (χ1n) is 8.86. The second-order valence-electron chi connectivity index (χ2n) is 6.10. The number of benzene rings is 3. The number of amides is 2. The molecular formula is C22H19FN2O4. The number of carbonyl (C=O) groups is 2. The van der Waals surface area contributed by atoms with Gasteiger partial charge in [0.25, 0.3) is 11.8 Å². The molecule has 0 saturated carbocycles. The van der Waals surface area contributed by atoms with E-state index < -0.39 is 23.7 Å². The van der Waals surface area contributed by atoms with E-state index in [-0.39, 0.29) is 0 Å². The Morgan fingerprint density at radius 1 is 0.828 bits per heavy atom. The van der Waals surface area contributed by atoms with E-state index in [0.29, 0.717) is 22.8 Å². The van der Waals surface area contributed by atoms with Crippen LogP contribution in [0.5, 0.6) is 17.2 Å². The second kappa shape index (κ2) is 9.36. The van der Waals surface area contributed by atoms with Crippen LogP contribution in [0.1, 0.15) is 17.3 Å². The van der Waals surface area contributed by atoms with Crippen molar-refractivity contribution < 1.29 is 23.5 Å². The number of ether oxygens (including phenoxy) is 2. The van der Waals surface area contributed by atoms with Gasteiger partial charge in [-0.1, -0.05) is 24.3 Å². The molecule has 0 unspecified atom stereocenters. The SMILES string of the molecule is C[C@@H](Oc1ccc(F)cc1)C(=O)NNC(=O)c1cccc(Oc2ccccc2)c1. The summed E-state index contributed by atoms with van der Waals surface area (Å²) in [5.74, 6) is 0.00450. The Balaban J connectivity index is 1.53. The fourth-order valence-corrected chi connectivity index (χ4v) is 2.39. The predicted octanol–water partition coefficient (Wildman–Crippen LogP) is 3.85. The van der Waals surface area contributed by atoms with E-state index >= 15 is 0 Å². The summed E-state index contributed by atoms with van der Waals surface area (Å²) in [5, 5.41) is 0. The average Bonchev–Trinajstić information content (AvgIpc) is 2.74. The number of carbonyl (C=O) groups excluding carboxylic acids is 2. The van der Waals surface area contributed by atoms with Crippen molar-refractivity contribution in [2.45, 2.75) is 13.0 Å². The maximum Gasteiger partial charge on any atom is 0.279 e. The lowest BCUT2D eigenvalue weighted by atomic mass is 10.2. The fraction of sp³-hybridized carbons (Fsp3) is 0.0909. The minimum atomic E-state index is -0.895. The fourth-order valence-electron chi connectivity index (χ4n) is 2.39. The van der Waals surface area contributed by atoms with Crippen LogP contribution in [0.4, 0.5) is 4.39 Å². The number of hydrazine groups is 1. The van der Waals surface area contributed by atoms with Crippen molar-refractivity contribution in [2.75, 3.05) is 0 Å². The molecule has 0 fully saturated rings. The second-order valence-corrected chi connectivity index (χ2v) is 6.10. The first-order valence-corrected chi connectivity index (χ1v) is 8.86. The first-order chi connectivity index (χ1) is 14.0. The molecule has 0 radical (unpaired) electrons. The smallest absolute Gasteiger partial charge is 0.279 e. The molecule has 7 heteroatoms. The van der Waals surface area contributed by atoms with Crippen molar-refractivity contribution in [3.8, 4) is 17.2 Å². The highest BCUT2D eigenvalue weighted by Crippen LogP contribution is 2.21. The van der Waals surface area contributed by atoms with Crippen LogP contribution in [-0.2, 0) is 4.79 Å². The van der Waals surface area contributed by atoms with Crippen LogP contribution in [0.15, 0.2) is 78.9 Å². The zero-order chi connectivity index (χ0) is 20.6. The number of para-hydroxylation sites is 1. The molecule has 6 nitrogen and oxygen atoms in total. The molecule has 0 aliphatic carbocycles. The molecule has 2 amide bonds. The van der Waals surface area contributed by atoms with E-state index in [1.165, 1.54) is 31.2 Å². The number of nitrogens with one attached hydrogen (secondary N) is 2. The van der Waals surface area contributed by atoms with Gasteiger partial charge in [-0.05, 0) is 61.5 Å². The third kappa shape index (κ3) is 5.80. The Labute approximate surface area is 167 Å². The molecule has 2 N–H and O–H groups in total. The molecule has 148 valence electrons. The van der Waals surface area contributed by atoms with Gasteiger partial charge in [-0.25, -0.2) is 4.39 Å². The van der Waals surface area contributed by atoms with E-state index in [1.54, 1.807) is 36.4 Å². The summed E-state index contributed by atoms with van der Waals surface area (Å²) < 4.78 is 24.0. The van der Waals surface area contributed by atoms with E-state index in [1.807, 2.05) is 18.2 Å². The number of hydrogen-bond donors (Lipinski definition) is 2. The van der Waals surface area contributed by atoms with Gasteiger partial charge >= 0.3 is 0 Å². The lowest BCUT2D eigenvalue weighted by Gasteiger charge is -2.15. The molecule has 1 atom stereocenters. The van der Waals surface area contributed by atoms with Gasteiger partial charge in [-0.15, -0.1) is 0 Å². The van der Waals surface area contributed by atoms with Gasteiger partial charge in [-0.2, -0.15) is 0 Å². The van der Waals surface area contributed by atoms with Crippen LogP contribution in [0.3, 0.4) is 0 Å². The number of hydrogen-bond acceptors (Lipinski definition) is 4. The minimum absolute atomic E-state index is 0.311. The zero-order valence-corrected chi connectivity index (χ0v) is 15.6. The van der Waals surface area contributed by atoms with Gasteiger partial charge in [-0.3, -0.25) is 20.4 Å². The molecule has 0 aromatic heterocycles. The average molecular weight is 394 g/mol. The molecule has 0 heterocycles. The van der Waals surface area contributed by atoms with Crippen molar-refractivity contribution >= 4 is 11.8 Å². The maximum atomic E-state index is 12.9. The van der Waals surface area contributed by atoms with Crippen LogP contribution in [0.25, 0.3) is 0 Å².